The van der Waals surface area contributed by atoms with E-state index in [-0.39, 0.29) is 17.2 Å². The molecule has 0 spiro atoms. The molecule has 4 atom stereocenters. The van der Waals surface area contributed by atoms with Crippen molar-refractivity contribution in [3.05, 3.63) is 0 Å². The minimum atomic E-state index is -1.07. The number of nitrogens with one attached hydrogen (secondary N) is 3. The van der Waals surface area contributed by atoms with E-state index < -0.39 is 30.1 Å². The lowest BCUT2D eigenvalue weighted by Crippen LogP contribution is -2.57. The number of carbonyl (C=O) groups is 3. The number of ether oxygens (including phenoxy) is 1. The molecule has 0 aromatic rings. The molecular formula is C19H35N3O5. The van der Waals surface area contributed by atoms with Crippen molar-refractivity contribution in [2.24, 2.45) is 11.3 Å². The summed E-state index contributed by atoms with van der Waals surface area (Å²) in [5.41, 5.74) is -0.0337. The monoisotopic (exact) mass is 385 g/mol. The molecule has 0 aromatic heterocycles. The van der Waals surface area contributed by atoms with Gasteiger partial charge >= 0.3 is 5.97 Å². The molecule has 0 unspecified atom stereocenters. The molecule has 0 bridgehead atoms. The van der Waals surface area contributed by atoms with Gasteiger partial charge in [0, 0.05) is 13.1 Å². The zero-order valence-corrected chi connectivity index (χ0v) is 17.1. The second-order valence-corrected chi connectivity index (χ2v) is 8.43. The van der Waals surface area contributed by atoms with Crippen LogP contribution in [0, 0.1) is 11.3 Å². The van der Waals surface area contributed by atoms with Gasteiger partial charge in [-0.2, -0.15) is 0 Å². The number of aliphatic carboxylic acids is 1. The number of carboxylic acids is 1. The molecule has 1 aliphatic rings. The van der Waals surface area contributed by atoms with Gasteiger partial charge in [-0.25, -0.2) is 4.79 Å². The minimum Gasteiger partial charge on any atom is -0.480 e. The van der Waals surface area contributed by atoms with Crippen molar-refractivity contribution >= 4 is 17.8 Å². The van der Waals surface area contributed by atoms with Crippen LogP contribution in [0.1, 0.15) is 53.9 Å². The van der Waals surface area contributed by atoms with Crippen molar-refractivity contribution in [3.63, 3.8) is 0 Å². The maximum atomic E-state index is 12.8. The predicted octanol–water partition coefficient (Wildman–Crippen LogP) is 0.901. The van der Waals surface area contributed by atoms with Gasteiger partial charge < -0.3 is 25.8 Å². The first-order valence-electron chi connectivity index (χ1n) is 9.71. The Hall–Kier alpha value is -1.67. The molecule has 0 aliphatic carbocycles. The first kappa shape index (κ1) is 23.4. The summed E-state index contributed by atoms with van der Waals surface area (Å²) >= 11 is 0. The first-order valence-corrected chi connectivity index (χ1v) is 9.71. The van der Waals surface area contributed by atoms with E-state index in [1.54, 1.807) is 0 Å². The van der Waals surface area contributed by atoms with Crippen molar-refractivity contribution < 1.29 is 24.2 Å². The number of carbonyl (C=O) groups excluding carboxylic acids is 2. The Kier molecular flexibility index (Phi) is 9.18. The van der Waals surface area contributed by atoms with Gasteiger partial charge in [0.05, 0.1) is 6.61 Å². The van der Waals surface area contributed by atoms with E-state index >= 15 is 0 Å². The Balaban J connectivity index is 2.77. The normalized spacial score (nSPS) is 21.0. The average molecular weight is 386 g/mol. The fourth-order valence-corrected chi connectivity index (χ4v) is 2.78. The summed E-state index contributed by atoms with van der Waals surface area (Å²) in [4.78, 5) is 36.7. The van der Waals surface area contributed by atoms with Crippen LogP contribution in [-0.4, -0.2) is 60.8 Å². The molecule has 1 saturated heterocycles. The van der Waals surface area contributed by atoms with Gasteiger partial charge in [-0.3, -0.25) is 9.59 Å². The molecule has 1 heterocycles. The van der Waals surface area contributed by atoms with E-state index in [1.807, 2.05) is 34.6 Å². The van der Waals surface area contributed by atoms with E-state index in [0.29, 0.717) is 39.0 Å². The highest BCUT2D eigenvalue weighted by Gasteiger charge is 2.32. The van der Waals surface area contributed by atoms with Crippen molar-refractivity contribution in [2.75, 3.05) is 19.7 Å². The van der Waals surface area contributed by atoms with Gasteiger partial charge in [0.25, 0.3) is 5.91 Å². The third-order valence-electron chi connectivity index (χ3n) is 4.81. The summed E-state index contributed by atoms with van der Waals surface area (Å²) in [6.07, 6.45) is 1.02. The molecule has 1 aliphatic heterocycles. The molecule has 0 radical (unpaired) electrons. The molecule has 2 amide bonds. The van der Waals surface area contributed by atoms with E-state index in [0.717, 1.165) is 0 Å². The summed E-state index contributed by atoms with van der Waals surface area (Å²) in [6.45, 7) is 11.4. The SMILES string of the molecule is CC[C@H](C)[C@H](NC(=O)[C@@H]1CNCCO1)C(=O)N[C@@H](CCC(C)(C)C)C(=O)O. The van der Waals surface area contributed by atoms with Gasteiger partial charge in [0.1, 0.15) is 18.2 Å². The van der Waals surface area contributed by atoms with E-state index in [4.69, 9.17) is 4.74 Å². The highest BCUT2D eigenvalue weighted by atomic mass is 16.5. The Labute approximate surface area is 161 Å². The van der Waals surface area contributed by atoms with Crippen LogP contribution in [0.3, 0.4) is 0 Å². The van der Waals surface area contributed by atoms with Crippen LogP contribution >= 0.6 is 0 Å². The molecule has 1 rings (SSSR count). The van der Waals surface area contributed by atoms with Gasteiger partial charge in [-0.1, -0.05) is 41.0 Å². The van der Waals surface area contributed by atoms with Crippen LogP contribution in [0.2, 0.25) is 0 Å². The van der Waals surface area contributed by atoms with Gasteiger partial charge in [0.2, 0.25) is 5.91 Å². The van der Waals surface area contributed by atoms with Crippen LogP contribution in [-0.2, 0) is 19.1 Å². The Bertz CT molecular complexity index is 512. The summed E-state index contributed by atoms with van der Waals surface area (Å²) in [5.74, 6) is -2.03. The molecule has 0 aromatic carbocycles. The Morgan fingerprint density at radius 1 is 1.26 bits per heavy atom. The molecule has 1 fully saturated rings. The second kappa shape index (κ2) is 10.6. The number of hydrogen-bond donors (Lipinski definition) is 4. The lowest BCUT2D eigenvalue weighted by Gasteiger charge is -2.29. The molecule has 0 saturated carbocycles. The van der Waals surface area contributed by atoms with Gasteiger partial charge in [0.15, 0.2) is 0 Å². The Morgan fingerprint density at radius 3 is 2.41 bits per heavy atom. The minimum absolute atomic E-state index is 0.0337. The van der Waals surface area contributed by atoms with Crippen molar-refractivity contribution in [1.29, 1.82) is 0 Å². The highest BCUT2D eigenvalue weighted by Crippen LogP contribution is 2.22. The van der Waals surface area contributed by atoms with Crippen LogP contribution in [0.15, 0.2) is 0 Å². The molecule has 8 nitrogen and oxygen atoms in total. The summed E-state index contributed by atoms with van der Waals surface area (Å²) in [5, 5.41) is 17.9. The van der Waals surface area contributed by atoms with E-state index in [2.05, 4.69) is 16.0 Å². The number of hydrogen-bond acceptors (Lipinski definition) is 5. The van der Waals surface area contributed by atoms with Crippen LogP contribution in [0.4, 0.5) is 0 Å². The highest BCUT2D eigenvalue weighted by molar-refractivity contribution is 5.91. The van der Waals surface area contributed by atoms with E-state index in [9.17, 15) is 19.5 Å². The third kappa shape index (κ3) is 8.26. The molecule has 156 valence electrons. The fourth-order valence-electron chi connectivity index (χ4n) is 2.78. The van der Waals surface area contributed by atoms with Crippen LogP contribution in [0.5, 0.6) is 0 Å². The van der Waals surface area contributed by atoms with Gasteiger partial charge in [-0.05, 0) is 24.2 Å². The second-order valence-electron chi connectivity index (χ2n) is 8.43. The van der Waals surface area contributed by atoms with E-state index in [1.165, 1.54) is 0 Å². The lowest BCUT2D eigenvalue weighted by molar-refractivity contribution is -0.143. The summed E-state index contributed by atoms with van der Waals surface area (Å²) < 4.78 is 5.43. The quantitative estimate of drug-likeness (QED) is 0.469. The largest absolute Gasteiger partial charge is 0.480 e. The van der Waals surface area contributed by atoms with Crippen molar-refractivity contribution in [2.45, 2.75) is 72.1 Å². The maximum absolute atomic E-state index is 12.8. The molecule has 4 N–H and O–H groups in total. The number of rotatable bonds is 9. The van der Waals surface area contributed by atoms with Crippen LogP contribution in [0.25, 0.3) is 0 Å². The van der Waals surface area contributed by atoms with Gasteiger partial charge in [-0.15, -0.1) is 0 Å². The molecule has 8 heteroatoms. The molecule has 27 heavy (non-hydrogen) atoms. The topological polar surface area (TPSA) is 117 Å². The summed E-state index contributed by atoms with van der Waals surface area (Å²) in [6, 6.07) is -1.78. The number of morpholine rings is 1. The lowest BCUT2D eigenvalue weighted by atomic mass is 9.88. The zero-order chi connectivity index (χ0) is 20.6. The van der Waals surface area contributed by atoms with Crippen molar-refractivity contribution in [3.8, 4) is 0 Å². The summed E-state index contributed by atoms with van der Waals surface area (Å²) in [7, 11) is 0. The van der Waals surface area contributed by atoms with Crippen molar-refractivity contribution in [1.82, 2.24) is 16.0 Å². The predicted molar refractivity (Wildman–Crippen MR) is 102 cm³/mol. The standard InChI is InChI=1S/C19H35N3O5/c1-6-12(2)15(22-16(23)14-11-20-9-10-27-14)17(24)21-13(18(25)26)7-8-19(3,4)5/h12-15,20H,6-11H2,1-5H3,(H,21,24)(H,22,23)(H,25,26)/t12-,13-,14-,15-/m0/s1. The maximum Gasteiger partial charge on any atom is 0.326 e. The Morgan fingerprint density at radius 2 is 1.93 bits per heavy atom. The fraction of sp³-hybridized carbons (Fsp3) is 0.842. The molecular weight excluding hydrogens is 350 g/mol. The smallest absolute Gasteiger partial charge is 0.326 e. The first-order chi connectivity index (χ1) is 12.5. The number of carboxylic acid groups (broad SMARTS) is 1. The average Bonchev–Trinajstić information content (AvgIpc) is 2.61. The zero-order valence-electron chi connectivity index (χ0n) is 17.1. The van der Waals surface area contributed by atoms with Crippen LogP contribution < -0.4 is 16.0 Å². The number of amides is 2. The third-order valence-corrected chi connectivity index (χ3v) is 4.81.